The monoisotopic (exact) mass is 395 g/mol. The van der Waals surface area contributed by atoms with Gasteiger partial charge in [0.2, 0.25) is 0 Å². The third kappa shape index (κ3) is 4.63. The molecule has 0 saturated carbocycles. The summed E-state index contributed by atoms with van der Waals surface area (Å²) < 4.78 is 6.68. The second-order valence-electron chi connectivity index (χ2n) is 7.98. The van der Waals surface area contributed by atoms with Crippen molar-refractivity contribution < 1.29 is 14.6 Å². The van der Waals surface area contributed by atoms with Crippen LogP contribution >= 0.6 is 0 Å². The fourth-order valence-corrected chi connectivity index (χ4v) is 3.04. The topological polar surface area (TPSA) is 107 Å². The van der Waals surface area contributed by atoms with E-state index in [4.69, 9.17) is 10.5 Å². The number of hydrogen-bond acceptors (Lipinski definition) is 5. The van der Waals surface area contributed by atoms with Crippen molar-refractivity contribution in [2.45, 2.75) is 38.8 Å². The Morgan fingerprint density at radius 3 is 2.34 bits per heavy atom. The molecule has 29 heavy (non-hydrogen) atoms. The number of aliphatic hydroxyl groups is 1. The molecular formula is C22H25N3O4. The molecule has 0 aliphatic rings. The first-order valence-electron chi connectivity index (χ1n) is 9.38. The summed E-state index contributed by atoms with van der Waals surface area (Å²) in [6, 6.07) is 14.3. The van der Waals surface area contributed by atoms with Crippen LogP contribution in [0.2, 0.25) is 0 Å². The number of nitrogens with two attached hydrogens (primary N) is 1. The third-order valence-electron chi connectivity index (χ3n) is 4.65. The zero-order chi connectivity index (χ0) is 21.2. The van der Waals surface area contributed by atoms with Gasteiger partial charge >= 0.3 is 0 Å². The van der Waals surface area contributed by atoms with Gasteiger partial charge in [-0.05, 0) is 29.2 Å². The number of aliphatic hydroxyl groups excluding tert-OH is 1. The SMILES string of the molecule is CC(C)(C)c1ccc(OC[C@H](O)Cn2nc(C(N)=O)c3ccccc3c2=O)cc1. The van der Waals surface area contributed by atoms with Gasteiger partial charge in [-0.1, -0.05) is 51.1 Å². The first kappa shape index (κ1) is 20.5. The summed E-state index contributed by atoms with van der Waals surface area (Å²) in [6.45, 7) is 6.23. The van der Waals surface area contributed by atoms with Crippen molar-refractivity contribution in [3.05, 3.63) is 70.1 Å². The average Bonchev–Trinajstić information content (AvgIpc) is 2.68. The third-order valence-corrected chi connectivity index (χ3v) is 4.65. The van der Waals surface area contributed by atoms with Gasteiger partial charge in [-0.25, -0.2) is 4.68 Å². The Labute approximate surface area is 168 Å². The van der Waals surface area contributed by atoms with Crippen molar-refractivity contribution >= 4 is 16.7 Å². The number of aromatic nitrogens is 2. The molecule has 1 amide bonds. The lowest BCUT2D eigenvalue weighted by Gasteiger charge is -2.19. The van der Waals surface area contributed by atoms with Crippen LogP contribution in [-0.2, 0) is 12.0 Å². The Hall–Kier alpha value is -3.19. The molecular weight excluding hydrogens is 370 g/mol. The summed E-state index contributed by atoms with van der Waals surface area (Å²) >= 11 is 0. The van der Waals surface area contributed by atoms with E-state index in [1.807, 2.05) is 24.3 Å². The van der Waals surface area contributed by atoms with Crippen LogP contribution in [0, 0.1) is 0 Å². The first-order valence-corrected chi connectivity index (χ1v) is 9.38. The number of carbonyl (C=O) groups excluding carboxylic acids is 1. The Morgan fingerprint density at radius 2 is 1.76 bits per heavy atom. The van der Waals surface area contributed by atoms with Gasteiger partial charge in [0, 0.05) is 5.39 Å². The van der Waals surface area contributed by atoms with Gasteiger partial charge in [0.1, 0.15) is 18.5 Å². The standard InChI is InChI=1S/C22H25N3O4/c1-22(2,3)14-8-10-16(11-9-14)29-13-15(26)12-25-21(28)18-7-5-4-6-17(18)19(24-25)20(23)27/h4-11,15,26H,12-13H2,1-3H3,(H2,23,27)/t15-/m1/s1. The van der Waals surface area contributed by atoms with Crippen molar-refractivity contribution in [1.82, 2.24) is 9.78 Å². The average molecular weight is 395 g/mol. The minimum atomic E-state index is -0.996. The molecule has 0 radical (unpaired) electrons. The Balaban J connectivity index is 1.75. The predicted octanol–water partition coefficient (Wildman–Crippen LogP) is 2.23. The number of carbonyl (C=O) groups is 1. The lowest BCUT2D eigenvalue weighted by Crippen LogP contribution is -2.34. The van der Waals surface area contributed by atoms with Gasteiger partial charge in [0.05, 0.1) is 11.9 Å². The molecule has 0 aliphatic heterocycles. The van der Waals surface area contributed by atoms with Crippen LogP contribution in [0.3, 0.4) is 0 Å². The summed E-state index contributed by atoms with van der Waals surface area (Å²) in [5.74, 6) is -0.117. The molecule has 7 heteroatoms. The molecule has 0 unspecified atom stereocenters. The second-order valence-corrected chi connectivity index (χ2v) is 7.98. The second kappa shape index (κ2) is 8.05. The molecule has 0 spiro atoms. The van der Waals surface area contributed by atoms with Gasteiger partial charge < -0.3 is 15.6 Å². The van der Waals surface area contributed by atoms with Gasteiger partial charge in [-0.3, -0.25) is 9.59 Å². The number of nitrogens with zero attached hydrogens (tertiary/aromatic N) is 2. The quantitative estimate of drug-likeness (QED) is 0.665. The van der Waals surface area contributed by atoms with E-state index in [1.54, 1.807) is 24.3 Å². The smallest absolute Gasteiger partial charge is 0.274 e. The molecule has 3 rings (SSSR count). The Bertz CT molecular complexity index is 1080. The van der Waals surface area contributed by atoms with Crippen molar-refractivity contribution in [3.63, 3.8) is 0 Å². The lowest BCUT2D eigenvalue weighted by atomic mass is 9.87. The van der Waals surface area contributed by atoms with E-state index >= 15 is 0 Å². The van der Waals surface area contributed by atoms with Crippen LogP contribution in [-0.4, -0.2) is 33.5 Å². The minimum Gasteiger partial charge on any atom is -0.491 e. The highest BCUT2D eigenvalue weighted by Gasteiger charge is 2.17. The van der Waals surface area contributed by atoms with E-state index < -0.39 is 17.6 Å². The van der Waals surface area contributed by atoms with Crippen LogP contribution in [0.5, 0.6) is 5.75 Å². The number of fused-ring (bicyclic) bond motifs is 1. The number of rotatable bonds is 6. The van der Waals surface area contributed by atoms with E-state index in [0.717, 1.165) is 4.68 Å². The van der Waals surface area contributed by atoms with Gasteiger partial charge in [-0.15, -0.1) is 0 Å². The van der Waals surface area contributed by atoms with Crippen LogP contribution in [0.4, 0.5) is 0 Å². The maximum Gasteiger partial charge on any atom is 0.274 e. The minimum absolute atomic E-state index is 0.00825. The molecule has 3 aromatic rings. The van der Waals surface area contributed by atoms with E-state index in [9.17, 15) is 14.7 Å². The molecule has 0 aliphatic carbocycles. The highest BCUT2D eigenvalue weighted by Crippen LogP contribution is 2.24. The zero-order valence-electron chi connectivity index (χ0n) is 16.8. The van der Waals surface area contributed by atoms with E-state index in [0.29, 0.717) is 16.5 Å². The van der Waals surface area contributed by atoms with Gasteiger partial charge in [0.25, 0.3) is 11.5 Å². The molecule has 1 atom stereocenters. The van der Waals surface area contributed by atoms with Crippen LogP contribution < -0.4 is 16.0 Å². The van der Waals surface area contributed by atoms with Gasteiger partial charge in [-0.2, -0.15) is 5.10 Å². The summed E-state index contributed by atoms with van der Waals surface area (Å²) in [4.78, 5) is 24.4. The molecule has 2 aromatic carbocycles. The molecule has 0 saturated heterocycles. The van der Waals surface area contributed by atoms with E-state index in [1.165, 1.54) is 5.56 Å². The molecule has 152 valence electrons. The summed E-state index contributed by atoms with van der Waals surface area (Å²) in [5.41, 5.74) is 6.21. The lowest BCUT2D eigenvalue weighted by molar-refractivity contribution is 0.0871. The fourth-order valence-electron chi connectivity index (χ4n) is 3.04. The molecule has 0 fully saturated rings. The van der Waals surface area contributed by atoms with E-state index in [2.05, 4.69) is 25.9 Å². The Kier molecular flexibility index (Phi) is 5.70. The van der Waals surface area contributed by atoms with Crippen molar-refractivity contribution in [2.75, 3.05) is 6.61 Å². The van der Waals surface area contributed by atoms with Crippen molar-refractivity contribution in [3.8, 4) is 5.75 Å². The predicted molar refractivity (Wildman–Crippen MR) is 111 cm³/mol. The summed E-state index contributed by atoms with van der Waals surface area (Å²) in [6.07, 6.45) is -0.996. The fraction of sp³-hybridized carbons (Fsp3) is 0.318. The first-order chi connectivity index (χ1) is 13.7. The molecule has 7 nitrogen and oxygen atoms in total. The van der Waals surface area contributed by atoms with E-state index in [-0.39, 0.29) is 24.3 Å². The Morgan fingerprint density at radius 1 is 1.14 bits per heavy atom. The molecule has 3 N–H and O–H groups in total. The van der Waals surface area contributed by atoms with Crippen LogP contribution in [0.1, 0.15) is 36.8 Å². The zero-order valence-corrected chi connectivity index (χ0v) is 16.8. The number of benzene rings is 2. The van der Waals surface area contributed by atoms with Crippen LogP contribution in [0.15, 0.2) is 53.3 Å². The normalized spacial score (nSPS) is 12.7. The summed E-state index contributed by atoms with van der Waals surface area (Å²) in [7, 11) is 0. The van der Waals surface area contributed by atoms with Crippen molar-refractivity contribution in [1.29, 1.82) is 0 Å². The number of hydrogen-bond donors (Lipinski definition) is 2. The highest BCUT2D eigenvalue weighted by atomic mass is 16.5. The maximum atomic E-state index is 12.6. The largest absolute Gasteiger partial charge is 0.491 e. The summed E-state index contributed by atoms with van der Waals surface area (Å²) in [5, 5.41) is 15.1. The maximum absolute atomic E-state index is 12.6. The molecule has 0 bridgehead atoms. The van der Waals surface area contributed by atoms with Crippen LogP contribution in [0.25, 0.3) is 10.8 Å². The highest BCUT2D eigenvalue weighted by molar-refractivity contribution is 6.03. The molecule has 1 aromatic heterocycles. The van der Waals surface area contributed by atoms with Gasteiger partial charge in [0.15, 0.2) is 5.69 Å². The molecule has 1 heterocycles. The van der Waals surface area contributed by atoms with Crippen molar-refractivity contribution in [2.24, 2.45) is 5.73 Å². The number of amides is 1. The number of primary amides is 1. The number of ether oxygens (including phenoxy) is 1.